The molecule has 2 fully saturated rings. The van der Waals surface area contributed by atoms with E-state index in [1.165, 1.54) is 43.5 Å². The molecule has 2 saturated heterocycles. The maximum absolute atomic E-state index is 13.8. The molecule has 6 rings (SSSR count). The van der Waals surface area contributed by atoms with Gasteiger partial charge in [0.2, 0.25) is 29.0 Å². The summed E-state index contributed by atoms with van der Waals surface area (Å²) in [7, 11) is 1.49. The zero-order valence-corrected chi connectivity index (χ0v) is 18.4. The molecule has 1 spiro atoms. The minimum absolute atomic E-state index is 0.152. The lowest BCUT2D eigenvalue weighted by Crippen LogP contribution is -2.51. The molecule has 3 aromatic carbocycles. The molecular formula is C27H18FNO6. The smallest absolute Gasteiger partial charge is 0.241 e. The van der Waals surface area contributed by atoms with Gasteiger partial charge in [-0.15, -0.1) is 0 Å². The number of imide groups is 1. The van der Waals surface area contributed by atoms with Gasteiger partial charge in [0, 0.05) is 11.1 Å². The number of methoxy groups -OCH3 is 1. The monoisotopic (exact) mass is 471 g/mol. The van der Waals surface area contributed by atoms with Crippen molar-refractivity contribution in [3.8, 4) is 5.75 Å². The summed E-state index contributed by atoms with van der Waals surface area (Å²) >= 11 is 0. The van der Waals surface area contributed by atoms with Crippen LogP contribution in [0.2, 0.25) is 0 Å². The Morgan fingerprint density at radius 3 is 2.00 bits per heavy atom. The van der Waals surface area contributed by atoms with Crippen LogP contribution >= 0.6 is 0 Å². The van der Waals surface area contributed by atoms with E-state index in [9.17, 15) is 23.6 Å². The highest BCUT2D eigenvalue weighted by atomic mass is 19.1. The van der Waals surface area contributed by atoms with Crippen molar-refractivity contribution >= 4 is 29.1 Å². The molecule has 7 nitrogen and oxygen atoms in total. The summed E-state index contributed by atoms with van der Waals surface area (Å²) in [6, 6.07) is 17.9. The van der Waals surface area contributed by atoms with Crippen LogP contribution in [0.3, 0.4) is 0 Å². The zero-order valence-electron chi connectivity index (χ0n) is 18.4. The van der Waals surface area contributed by atoms with E-state index >= 15 is 0 Å². The van der Waals surface area contributed by atoms with Crippen LogP contribution in [0.25, 0.3) is 0 Å². The van der Waals surface area contributed by atoms with Crippen LogP contribution in [-0.4, -0.2) is 36.1 Å². The topological polar surface area (TPSA) is 90.0 Å². The summed E-state index contributed by atoms with van der Waals surface area (Å²) in [5.74, 6) is -5.03. The van der Waals surface area contributed by atoms with Gasteiger partial charge in [0.25, 0.3) is 0 Å². The molecule has 2 aliphatic heterocycles. The third-order valence-electron chi connectivity index (χ3n) is 7.05. The van der Waals surface area contributed by atoms with E-state index < -0.39 is 52.7 Å². The number of anilines is 1. The summed E-state index contributed by atoms with van der Waals surface area (Å²) in [5.41, 5.74) is -1.18. The van der Waals surface area contributed by atoms with E-state index in [0.717, 1.165) is 4.90 Å². The molecule has 174 valence electrons. The summed E-state index contributed by atoms with van der Waals surface area (Å²) in [4.78, 5) is 55.9. The van der Waals surface area contributed by atoms with E-state index in [1.807, 2.05) is 0 Å². The standard InChI is InChI=1S/C27H18FNO6/c1-34-17-12-10-16(11-13-17)29-25(32)20-21(26(29)33)27(35-22(20)14-6-8-15(28)9-7-14)23(30)18-4-2-3-5-19(18)24(27)31/h2-13,20-22H,1H3. The van der Waals surface area contributed by atoms with Crippen molar-refractivity contribution in [1.29, 1.82) is 0 Å². The third kappa shape index (κ3) is 2.74. The average molecular weight is 471 g/mol. The predicted octanol–water partition coefficient (Wildman–Crippen LogP) is 3.53. The quantitative estimate of drug-likeness (QED) is 0.429. The second kappa shape index (κ2) is 7.41. The largest absolute Gasteiger partial charge is 0.497 e. The molecule has 35 heavy (non-hydrogen) atoms. The van der Waals surface area contributed by atoms with Crippen LogP contribution in [0.1, 0.15) is 32.4 Å². The lowest BCUT2D eigenvalue weighted by Gasteiger charge is -2.27. The lowest BCUT2D eigenvalue weighted by molar-refractivity contribution is -0.127. The van der Waals surface area contributed by atoms with Gasteiger partial charge in [-0.05, 0) is 42.0 Å². The highest BCUT2D eigenvalue weighted by Gasteiger charge is 2.74. The number of rotatable bonds is 3. The lowest BCUT2D eigenvalue weighted by atomic mass is 9.77. The van der Waals surface area contributed by atoms with Crippen molar-refractivity contribution in [2.24, 2.45) is 11.8 Å². The second-order valence-corrected chi connectivity index (χ2v) is 8.74. The van der Waals surface area contributed by atoms with Crippen LogP contribution in [0.5, 0.6) is 5.75 Å². The van der Waals surface area contributed by atoms with Crippen molar-refractivity contribution < 1.29 is 33.0 Å². The Morgan fingerprint density at radius 2 is 1.43 bits per heavy atom. The number of nitrogens with zero attached hydrogens (tertiary/aromatic N) is 1. The van der Waals surface area contributed by atoms with Crippen molar-refractivity contribution in [3.05, 3.63) is 95.3 Å². The number of benzene rings is 3. The number of ether oxygens (including phenoxy) is 2. The summed E-state index contributed by atoms with van der Waals surface area (Å²) in [5, 5.41) is 0. The van der Waals surface area contributed by atoms with Gasteiger partial charge in [-0.25, -0.2) is 9.29 Å². The first-order valence-corrected chi connectivity index (χ1v) is 11.0. The van der Waals surface area contributed by atoms with Gasteiger partial charge in [-0.3, -0.25) is 19.2 Å². The SMILES string of the molecule is COc1ccc(N2C(=O)C3C(c4ccc(F)cc4)OC4(C(=O)c5ccccc5C4=O)C3C2=O)cc1. The average Bonchev–Trinajstić information content (AvgIpc) is 3.44. The summed E-state index contributed by atoms with van der Waals surface area (Å²) < 4.78 is 25.0. The van der Waals surface area contributed by atoms with Gasteiger partial charge in [-0.2, -0.15) is 0 Å². The highest BCUT2D eigenvalue weighted by molar-refractivity contribution is 6.37. The molecule has 1 aliphatic carbocycles. The number of carbonyl (C=O) groups excluding carboxylic acids is 4. The second-order valence-electron chi connectivity index (χ2n) is 8.74. The molecule has 0 bridgehead atoms. The molecule has 0 saturated carbocycles. The Morgan fingerprint density at radius 1 is 0.829 bits per heavy atom. The Balaban J connectivity index is 1.52. The molecule has 3 unspecified atom stereocenters. The van der Waals surface area contributed by atoms with Crippen LogP contribution in [-0.2, 0) is 14.3 Å². The minimum atomic E-state index is -2.17. The molecule has 3 atom stereocenters. The van der Waals surface area contributed by atoms with E-state index in [2.05, 4.69) is 0 Å². The molecule has 2 heterocycles. The van der Waals surface area contributed by atoms with Crippen molar-refractivity contribution in [2.75, 3.05) is 12.0 Å². The van der Waals surface area contributed by atoms with E-state index in [0.29, 0.717) is 17.0 Å². The number of Topliss-reactive ketones (excluding diaryl/α,β-unsaturated/α-hetero) is 2. The van der Waals surface area contributed by atoms with Crippen LogP contribution in [0, 0.1) is 17.7 Å². The number of carbonyl (C=O) groups is 4. The Hall–Kier alpha value is -4.17. The number of hydrogen-bond donors (Lipinski definition) is 0. The predicted molar refractivity (Wildman–Crippen MR) is 121 cm³/mol. The van der Waals surface area contributed by atoms with Gasteiger partial charge in [0.15, 0.2) is 0 Å². The van der Waals surface area contributed by atoms with Crippen LogP contribution in [0.4, 0.5) is 10.1 Å². The zero-order chi connectivity index (χ0) is 24.5. The first kappa shape index (κ1) is 21.4. The van der Waals surface area contributed by atoms with Gasteiger partial charge < -0.3 is 9.47 Å². The van der Waals surface area contributed by atoms with Gasteiger partial charge >= 0.3 is 0 Å². The Bertz CT molecular complexity index is 1380. The normalized spacial score (nSPS) is 24.3. The number of halogens is 1. The fourth-order valence-electron chi connectivity index (χ4n) is 5.46. The molecule has 0 radical (unpaired) electrons. The van der Waals surface area contributed by atoms with Gasteiger partial charge in [-0.1, -0.05) is 36.4 Å². The number of amides is 2. The van der Waals surface area contributed by atoms with E-state index in [1.54, 1.807) is 36.4 Å². The Labute approximate surface area is 199 Å². The molecule has 0 aromatic heterocycles. The van der Waals surface area contributed by atoms with Crippen molar-refractivity contribution in [3.63, 3.8) is 0 Å². The van der Waals surface area contributed by atoms with E-state index in [4.69, 9.17) is 9.47 Å². The number of fused-ring (bicyclic) bond motifs is 3. The van der Waals surface area contributed by atoms with Crippen molar-refractivity contribution in [1.82, 2.24) is 0 Å². The highest BCUT2D eigenvalue weighted by Crippen LogP contribution is 2.57. The van der Waals surface area contributed by atoms with E-state index in [-0.39, 0.29) is 11.1 Å². The summed E-state index contributed by atoms with van der Waals surface area (Å²) in [6.45, 7) is 0. The number of hydrogen-bond acceptors (Lipinski definition) is 6. The first-order valence-electron chi connectivity index (χ1n) is 11.0. The molecular weight excluding hydrogens is 453 g/mol. The van der Waals surface area contributed by atoms with Crippen LogP contribution < -0.4 is 9.64 Å². The molecule has 3 aliphatic rings. The summed E-state index contributed by atoms with van der Waals surface area (Å²) in [6.07, 6.45) is -1.09. The van der Waals surface area contributed by atoms with Crippen molar-refractivity contribution in [2.45, 2.75) is 11.7 Å². The molecule has 8 heteroatoms. The molecule has 0 N–H and O–H groups in total. The minimum Gasteiger partial charge on any atom is -0.497 e. The maximum atomic E-state index is 13.8. The number of ketones is 2. The first-order chi connectivity index (χ1) is 16.9. The van der Waals surface area contributed by atoms with Gasteiger partial charge in [0.05, 0.1) is 30.7 Å². The fraction of sp³-hybridized carbons (Fsp3) is 0.185. The molecule has 2 amide bonds. The fourth-order valence-corrected chi connectivity index (χ4v) is 5.46. The van der Waals surface area contributed by atoms with Crippen LogP contribution in [0.15, 0.2) is 72.8 Å². The molecule has 3 aromatic rings. The maximum Gasteiger partial charge on any atom is 0.241 e. The third-order valence-corrected chi connectivity index (χ3v) is 7.05. The van der Waals surface area contributed by atoms with Gasteiger partial charge in [0.1, 0.15) is 11.6 Å². The Kier molecular flexibility index (Phi) is 4.53.